The lowest BCUT2D eigenvalue weighted by Crippen LogP contribution is -2.53. The van der Waals surface area contributed by atoms with Crippen molar-refractivity contribution in [2.24, 2.45) is 27.7 Å². The third kappa shape index (κ3) is 7.01. The number of carbonyl (C=O) groups excluding carboxylic acids is 3. The van der Waals surface area contributed by atoms with Crippen LogP contribution in [0.5, 0.6) is 0 Å². The fraction of sp³-hybridized carbons (Fsp3) is 0.548. The van der Waals surface area contributed by atoms with Gasteiger partial charge < -0.3 is 19.9 Å². The van der Waals surface area contributed by atoms with E-state index in [1.165, 1.54) is 34.9 Å². The standard InChI is InChI=1S/C42H53N5O4/c1-24(2)26(5)40(48)46-17-7-9-37(46)35-21-31(23-43-35)27-11-13-28(14-12-27)32-22-33(32)29-15-16-34-30(19-29)20-36(44-34)38-10-8-18-47(38)41(49)39(25(3)4)45-42(50)51-6/h11-16,19,23-26,32-33,37-39H,7-10,17-18,20-22H2,1-6H3,(H,45,50)/t26-,32-,33-,37-,38-,39-/m0/s1. The molecule has 9 heteroatoms. The lowest BCUT2D eigenvalue weighted by molar-refractivity contribution is -0.136. The second-order valence-electron chi connectivity index (χ2n) is 16.0. The summed E-state index contributed by atoms with van der Waals surface area (Å²) in [5, 5.41) is 2.74. The van der Waals surface area contributed by atoms with Gasteiger partial charge in [0.05, 0.1) is 24.9 Å². The molecule has 2 aromatic carbocycles. The molecule has 4 heterocycles. The van der Waals surface area contributed by atoms with Crippen molar-refractivity contribution in [2.45, 2.75) is 110 Å². The minimum absolute atomic E-state index is 0.0310. The summed E-state index contributed by atoms with van der Waals surface area (Å²) in [6.07, 6.45) is 7.98. The van der Waals surface area contributed by atoms with Gasteiger partial charge in [0.2, 0.25) is 11.8 Å². The lowest BCUT2D eigenvalue weighted by atomic mass is 9.94. The number of hydrogen-bond donors (Lipinski definition) is 1. The summed E-state index contributed by atoms with van der Waals surface area (Å²) in [5.41, 5.74) is 9.60. The van der Waals surface area contributed by atoms with Gasteiger partial charge in [0.1, 0.15) is 6.04 Å². The van der Waals surface area contributed by atoms with Crippen LogP contribution >= 0.6 is 0 Å². The largest absolute Gasteiger partial charge is 0.453 e. The maximum atomic E-state index is 13.6. The Bertz CT molecular complexity index is 1780. The van der Waals surface area contributed by atoms with Gasteiger partial charge in [-0.2, -0.15) is 0 Å². The summed E-state index contributed by atoms with van der Waals surface area (Å²) in [7, 11) is 1.32. The summed E-state index contributed by atoms with van der Waals surface area (Å²) in [6, 6.07) is 15.2. The molecule has 1 aliphatic carbocycles. The summed E-state index contributed by atoms with van der Waals surface area (Å²) in [4.78, 5) is 52.7. The Morgan fingerprint density at radius 2 is 1.45 bits per heavy atom. The van der Waals surface area contributed by atoms with Crippen LogP contribution in [0.1, 0.15) is 107 Å². The maximum Gasteiger partial charge on any atom is 0.407 e. The van der Waals surface area contributed by atoms with Gasteiger partial charge in [-0.25, -0.2) is 4.79 Å². The van der Waals surface area contributed by atoms with Gasteiger partial charge in [0, 0.05) is 49.5 Å². The van der Waals surface area contributed by atoms with Crippen LogP contribution in [-0.2, 0) is 20.7 Å². The van der Waals surface area contributed by atoms with Gasteiger partial charge >= 0.3 is 6.09 Å². The molecule has 2 aromatic rings. The number of carbonyl (C=O) groups is 3. The summed E-state index contributed by atoms with van der Waals surface area (Å²) < 4.78 is 4.79. The molecule has 1 N–H and O–H groups in total. The van der Waals surface area contributed by atoms with Crippen molar-refractivity contribution < 1.29 is 19.1 Å². The van der Waals surface area contributed by atoms with E-state index in [1.807, 2.05) is 24.9 Å². The van der Waals surface area contributed by atoms with Crippen molar-refractivity contribution in [1.82, 2.24) is 15.1 Å². The molecule has 5 aliphatic rings. The lowest BCUT2D eigenvalue weighted by Gasteiger charge is -2.30. The van der Waals surface area contributed by atoms with Gasteiger partial charge in [-0.05, 0) is 89.7 Å². The highest BCUT2D eigenvalue weighted by Gasteiger charge is 2.42. The number of benzene rings is 2. The number of aliphatic imine (C=N–C) groups is 2. The molecule has 1 saturated carbocycles. The van der Waals surface area contributed by atoms with Crippen LogP contribution in [0.15, 0.2) is 58.6 Å². The highest BCUT2D eigenvalue weighted by molar-refractivity contribution is 6.03. The Balaban J connectivity index is 0.949. The molecule has 0 bridgehead atoms. The number of rotatable bonds is 10. The fourth-order valence-electron chi connectivity index (χ4n) is 8.55. The number of likely N-dealkylation sites (tertiary alicyclic amines) is 2. The Morgan fingerprint density at radius 1 is 0.804 bits per heavy atom. The van der Waals surface area contributed by atoms with Crippen LogP contribution < -0.4 is 5.32 Å². The number of nitrogens with one attached hydrogen (secondary N) is 1. The van der Waals surface area contributed by atoms with E-state index in [0.717, 1.165) is 68.6 Å². The molecular formula is C42H53N5O4. The summed E-state index contributed by atoms with van der Waals surface area (Å²) in [6.45, 7) is 11.7. The summed E-state index contributed by atoms with van der Waals surface area (Å²) in [5.74, 6) is 1.50. The van der Waals surface area contributed by atoms with Crippen LogP contribution in [0.4, 0.5) is 10.5 Å². The van der Waals surface area contributed by atoms with E-state index in [-0.39, 0.29) is 35.7 Å². The average molecular weight is 692 g/mol. The Hall–Kier alpha value is -4.27. The molecule has 0 spiro atoms. The Kier molecular flexibility index (Phi) is 9.92. The number of fused-ring (bicyclic) bond motifs is 1. The van der Waals surface area contributed by atoms with Crippen LogP contribution in [0.25, 0.3) is 5.57 Å². The first-order chi connectivity index (χ1) is 24.5. The van der Waals surface area contributed by atoms with Crippen LogP contribution in [-0.4, -0.2) is 77.5 Å². The number of methoxy groups -OCH3 is 1. The molecule has 6 atom stereocenters. The van der Waals surface area contributed by atoms with Crippen molar-refractivity contribution in [3.63, 3.8) is 0 Å². The molecule has 4 aliphatic heterocycles. The van der Waals surface area contributed by atoms with Crippen LogP contribution in [0, 0.1) is 17.8 Å². The van der Waals surface area contributed by atoms with Gasteiger partial charge in [-0.15, -0.1) is 0 Å². The van der Waals surface area contributed by atoms with Crippen molar-refractivity contribution in [2.75, 3.05) is 20.2 Å². The average Bonchev–Trinajstić information content (AvgIpc) is 3.64. The van der Waals surface area contributed by atoms with E-state index in [0.29, 0.717) is 24.3 Å². The quantitative estimate of drug-likeness (QED) is 0.280. The van der Waals surface area contributed by atoms with Crippen molar-refractivity contribution in [3.8, 4) is 0 Å². The molecule has 270 valence electrons. The predicted octanol–water partition coefficient (Wildman–Crippen LogP) is 7.43. The first-order valence-electron chi connectivity index (χ1n) is 19.1. The van der Waals surface area contributed by atoms with E-state index < -0.39 is 12.1 Å². The van der Waals surface area contributed by atoms with Crippen molar-refractivity contribution in [3.05, 3.63) is 70.9 Å². The van der Waals surface area contributed by atoms with Crippen molar-refractivity contribution >= 4 is 40.6 Å². The molecule has 7 rings (SSSR count). The Morgan fingerprint density at radius 3 is 2.12 bits per heavy atom. The van der Waals surface area contributed by atoms with Gasteiger partial charge in [0.15, 0.2) is 0 Å². The third-order valence-electron chi connectivity index (χ3n) is 12.0. The minimum atomic E-state index is -0.631. The maximum absolute atomic E-state index is 13.6. The number of nitrogens with zero attached hydrogens (tertiary/aromatic N) is 4. The SMILES string of the molecule is COC(=O)N[C@H](C(=O)N1CCC[C@H]1C1=Nc2ccc([C@@H]3C[C@H]3c3ccc(C4=CN=C([C@@H]5CCCN5C(=O)[C@@H](C)C(C)C)C4)cc3)cc2C1)C(C)C. The molecular weight excluding hydrogens is 638 g/mol. The molecule has 3 fully saturated rings. The van der Waals surface area contributed by atoms with E-state index in [9.17, 15) is 14.4 Å². The fourth-order valence-corrected chi connectivity index (χ4v) is 8.55. The molecule has 0 radical (unpaired) electrons. The number of alkyl carbamates (subject to hydrolysis) is 1. The van der Waals surface area contributed by atoms with E-state index in [1.54, 1.807) is 0 Å². The molecule has 2 saturated heterocycles. The normalized spacial score (nSPS) is 25.1. The first-order valence-corrected chi connectivity index (χ1v) is 19.1. The smallest absolute Gasteiger partial charge is 0.407 e. The predicted molar refractivity (Wildman–Crippen MR) is 201 cm³/mol. The number of amides is 3. The van der Waals surface area contributed by atoms with Gasteiger partial charge in [-0.1, -0.05) is 71.0 Å². The van der Waals surface area contributed by atoms with E-state index in [2.05, 4.69) is 73.5 Å². The van der Waals surface area contributed by atoms with E-state index in [4.69, 9.17) is 14.7 Å². The second-order valence-corrected chi connectivity index (χ2v) is 16.0. The zero-order valence-corrected chi connectivity index (χ0v) is 31.0. The van der Waals surface area contributed by atoms with Gasteiger partial charge in [0.25, 0.3) is 0 Å². The highest BCUT2D eigenvalue weighted by atomic mass is 16.5. The topological polar surface area (TPSA) is 104 Å². The molecule has 3 amide bonds. The van der Waals surface area contributed by atoms with Crippen LogP contribution in [0.2, 0.25) is 0 Å². The third-order valence-corrected chi connectivity index (χ3v) is 12.0. The highest BCUT2D eigenvalue weighted by Crippen LogP contribution is 2.55. The van der Waals surface area contributed by atoms with Crippen molar-refractivity contribution in [1.29, 1.82) is 0 Å². The van der Waals surface area contributed by atoms with Gasteiger partial charge in [-0.3, -0.25) is 19.6 Å². The number of allylic oxidation sites excluding steroid dienone is 1. The number of ether oxygens (including phenoxy) is 1. The summed E-state index contributed by atoms with van der Waals surface area (Å²) >= 11 is 0. The van der Waals surface area contributed by atoms with E-state index >= 15 is 0 Å². The second kappa shape index (κ2) is 14.4. The zero-order chi connectivity index (χ0) is 36.0. The Labute approximate surface area is 302 Å². The molecule has 51 heavy (non-hydrogen) atoms. The number of hydrogen-bond acceptors (Lipinski definition) is 6. The zero-order valence-electron chi connectivity index (χ0n) is 31.0. The first kappa shape index (κ1) is 35.1. The monoisotopic (exact) mass is 691 g/mol. The molecule has 9 nitrogen and oxygen atoms in total. The molecule has 0 aromatic heterocycles. The minimum Gasteiger partial charge on any atom is -0.453 e. The molecule has 0 unspecified atom stereocenters. The van der Waals surface area contributed by atoms with Crippen LogP contribution in [0.3, 0.4) is 0 Å².